The second-order valence-corrected chi connectivity index (χ2v) is 5.07. The number of aldehydes is 1. The first-order valence-electron chi connectivity index (χ1n) is 3.72. The van der Waals surface area contributed by atoms with Crippen LogP contribution in [0.5, 0.6) is 0 Å². The first-order valence-corrected chi connectivity index (χ1v) is 6.62. The van der Waals surface area contributed by atoms with Crippen molar-refractivity contribution in [3.63, 3.8) is 0 Å². The fourth-order valence-electron chi connectivity index (χ4n) is 0.911. The molecule has 0 atom stereocenters. The Morgan fingerprint density at radius 2 is 2.23 bits per heavy atom. The number of benzene rings is 1. The van der Waals surface area contributed by atoms with E-state index in [0.717, 1.165) is 32.3 Å². The molecule has 0 radical (unpaired) electrons. The van der Waals surface area contributed by atoms with Crippen molar-refractivity contribution >= 4 is 49.9 Å². The highest BCUT2D eigenvalue weighted by atomic mass is 79.9. The van der Waals surface area contributed by atoms with Crippen LogP contribution in [-0.2, 0) is 0 Å². The van der Waals surface area contributed by atoms with E-state index in [-0.39, 0.29) is 0 Å². The van der Waals surface area contributed by atoms with Crippen LogP contribution in [0.4, 0.5) is 0 Å². The van der Waals surface area contributed by atoms with Crippen LogP contribution in [-0.4, -0.2) is 17.4 Å². The Balaban J connectivity index is 2.93. The number of hydrogen-bond acceptors (Lipinski definition) is 2. The van der Waals surface area contributed by atoms with Crippen LogP contribution in [0.3, 0.4) is 0 Å². The number of alkyl halides is 1. The van der Waals surface area contributed by atoms with E-state index in [4.69, 9.17) is 0 Å². The zero-order valence-electron chi connectivity index (χ0n) is 6.80. The van der Waals surface area contributed by atoms with Gasteiger partial charge in [0.1, 0.15) is 0 Å². The summed E-state index contributed by atoms with van der Waals surface area (Å²) in [5.41, 5.74) is 0.750. The number of carbonyl (C=O) groups excluding carboxylic acids is 1. The van der Waals surface area contributed by atoms with Crippen LogP contribution in [0, 0.1) is 0 Å². The molecule has 1 rings (SSSR count). The average Bonchev–Trinajstić information content (AvgIpc) is 2.15. The minimum Gasteiger partial charge on any atom is -0.298 e. The summed E-state index contributed by atoms with van der Waals surface area (Å²) in [6.07, 6.45) is 0.890. The van der Waals surface area contributed by atoms with E-state index >= 15 is 0 Å². The molecule has 0 heterocycles. The maximum atomic E-state index is 10.7. The molecule has 1 aromatic rings. The molecule has 13 heavy (non-hydrogen) atoms. The molecule has 0 aliphatic heterocycles. The van der Waals surface area contributed by atoms with E-state index in [1.165, 1.54) is 0 Å². The summed E-state index contributed by atoms with van der Waals surface area (Å²) in [5.74, 6) is 0.962. The van der Waals surface area contributed by atoms with Gasteiger partial charge in [0.05, 0.1) is 0 Å². The second-order valence-electron chi connectivity index (χ2n) is 2.31. The number of halogens is 2. The van der Waals surface area contributed by atoms with Gasteiger partial charge in [0.25, 0.3) is 0 Å². The van der Waals surface area contributed by atoms with E-state index in [9.17, 15) is 4.79 Å². The summed E-state index contributed by atoms with van der Waals surface area (Å²) in [4.78, 5) is 11.7. The molecule has 0 saturated carbocycles. The minimum absolute atomic E-state index is 0.750. The molecule has 0 aromatic heterocycles. The Morgan fingerprint density at radius 3 is 2.85 bits per heavy atom. The molecular formula is C9H8Br2OS. The number of carbonyl (C=O) groups is 1. The van der Waals surface area contributed by atoms with Gasteiger partial charge >= 0.3 is 0 Å². The molecule has 0 aliphatic rings. The standard InChI is InChI=1S/C9H8Br2OS/c10-4-5-13-9-7(6-12)2-1-3-8(9)11/h1-3,6H,4-5H2. The minimum atomic E-state index is 0.750. The van der Waals surface area contributed by atoms with Crippen molar-refractivity contribution in [1.82, 2.24) is 0 Å². The summed E-state index contributed by atoms with van der Waals surface area (Å²) >= 11 is 8.45. The van der Waals surface area contributed by atoms with Gasteiger partial charge in [-0.15, -0.1) is 11.8 Å². The van der Waals surface area contributed by atoms with Crippen molar-refractivity contribution in [3.8, 4) is 0 Å². The quantitative estimate of drug-likeness (QED) is 0.477. The molecule has 0 saturated heterocycles. The number of rotatable bonds is 4. The number of thioether (sulfide) groups is 1. The summed E-state index contributed by atoms with van der Waals surface area (Å²) in [7, 11) is 0. The van der Waals surface area contributed by atoms with Gasteiger partial charge in [0.2, 0.25) is 0 Å². The molecule has 0 bridgehead atoms. The number of hydrogen-bond donors (Lipinski definition) is 0. The first-order chi connectivity index (χ1) is 6.29. The summed E-state index contributed by atoms with van der Waals surface area (Å²) in [6.45, 7) is 0. The Hall–Kier alpha value is 0.200. The van der Waals surface area contributed by atoms with E-state index in [2.05, 4.69) is 31.9 Å². The van der Waals surface area contributed by atoms with E-state index in [1.54, 1.807) is 11.8 Å². The van der Waals surface area contributed by atoms with Crippen molar-refractivity contribution in [3.05, 3.63) is 28.2 Å². The highest BCUT2D eigenvalue weighted by Gasteiger charge is 2.05. The largest absolute Gasteiger partial charge is 0.298 e. The normalized spacial score (nSPS) is 10.0. The molecule has 0 amide bonds. The highest BCUT2D eigenvalue weighted by Crippen LogP contribution is 2.30. The lowest BCUT2D eigenvalue weighted by atomic mass is 10.2. The van der Waals surface area contributed by atoms with Gasteiger partial charge in [0.15, 0.2) is 6.29 Å². The van der Waals surface area contributed by atoms with Gasteiger partial charge in [-0.25, -0.2) is 0 Å². The van der Waals surface area contributed by atoms with Crippen LogP contribution < -0.4 is 0 Å². The van der Waals surface area contributed by atoms with Gasteiger partial charge in [-0.3, -0.25) is 4.79 Å². The average molecular weight is 324 g/mol. The van der Waals surface area contributed by atoms with Crippen molar-refractivity contribution in [2.75, 3.05) is 11.1 Å². The lowest BCUT2D eigenvalue weighted by Crippen LogP contribution is -1.88. The third-order valence-corrected chi connectivity index (χ3v) is 4.45. The van der Waals surface area contributed by atoms with Crippen molar-refractivity contribution in [1.29, 1.82) is 0 Å². The zero-order chi connectivity index (χ0) is 9.68. The van der Waals surface area contributed by atoms with E-state index in [0.29, 0.717) is 0 Å². The predicted molar refractivity (Wildman–Crippen MR) is 64.0 cm³/mol. The van der Waals surface area contributed by atoms with Gasteiger partial charge in [0, 0.05) is 26.0 Å². The molecule has 0 N–H and O–H groups in total. The molecule has 70 valence electrons. The van der Waals surface area contributed by atoms with E-state index in [1.807, 2.05) is 18.2 Å². The molecule has 0 aliphatic carbocycles. The lowest BCUT2D eigenvalue weighted by molar-refractivity contribution is 0.112. The van der Waals surface area contributed by atoms with Gasteiger partial charge in [-0.1, -0.05) is 28.1 Å². The fourth-order valence-corrected chi connectivity index (χ4v) is 2.89. The van der Waals surface area contributed by atoms with Crippen molar-refractivity contribution in [2.24, 2.45) is 0 Å². The molecule has 0 unspecified atom stereocenters. The molecular weight excluding hydrogens is 316 g/mol. The molecule has 0 spiro atoms. The molecule has 4 heteroatoms. The Labute approximate surface area is 98.5 Å². The van der Waals surface area contributed by atoms with E-state index < -0.39 is 0 Å². The van der Waals surface area contributed by atoms with Gasteiger partial charge in [-0.2, -0.15) is 0 Å². The molecule has 1 aromatic carbocycles. The molecule has 0 fully saturated rings. The van der Waals surface area contributed by atoms with Crippen LogP contribution in [0.1, 0.15) is 10.4 Å². The predicted octanol–water partition coefficient (Wildman–Crippen LogP) is 3.75. The Morgan fingerprint density at radius 1 is 1.46 bits per heavy atom. The summed E-state index contributed by atoms with van der Waals surface area (Å²) in [6, 6.07) is 5.64. The first kappa shape index (κ1) is 11.3. The third kappa shape index (κ3) is 3.11. The summed E-state index contributed by atoms with van der Waals surface area (Å²) in [5, 5.41) is 0.928. The van der Waals surface area contributed by atoms with Crippen molar-refractivity contribution in [2.45, 2.75) is 4.90 Å². The summed E-state index contributed by atoms with van der Waals surface area (Å²) < 4.78 is 0.989. The second kappa shape index (κ2) is 5.83. The van der Waals surface area contributed by atoms with Crippen LogP contribution in [0.2, 0.25) is 0 Å². The molecule has 1 nitrogen and oxygen atoms in total. The van der Waals surface area contributed by atoms with Crippen LogP contribution >= 0.6 is 43.6 Å². The smallest absolute Gasteiger partial charge is 0.151 e. The fraction of sp³-hybridized carbons (Fsp3) is 0.222. The van der Waals surface area contributed by atoms with Gasteiger partial charge < -0.3 is 0 Å². The van der Waals surface area contributed by atoms with Gasteiger partial charge in [-0.05, 0) is 22.0 Å². The zero-order valence-corrected chi connectivity index (χ0v) is 10.8. The maximum absolute atomic E-state index is 10.7. The topological polar surface area (TPSA) is 17.1 Å². The Bertz CT molecular complexity index is 302. The van der Waals surface area contributed by atoms with Crippen molar-refractivity contribution < 1.29 is 4.79 Å². The van der Waals surface area contributed by atoms with Crippen LogP contribution in [0.15, 0.2) is 27.6 Å². The highest BCUT2D eigenvalue weighted by molar-refractivity contribution is 9.10. The Kier molecular flexibility index (Phi) is 5.06. The van der Waals surface area contributed by atoms with Crippen LogP contribution in [0.25, 0.3) is 0 Å². The maximum Gasteiger partial charge on any atom is 0.151 e. The monoisotopic (exact) mass is 322 g/mol. The third-order valence-electron chi connectivity index (χ3n) is 1.45. The SMILES string of the molecule is O=Cc1cccc(Br)c1SCCBr. The lowest BCUT2D eigenvalue weighted by Gasteiger charge is -2.05.